The van der Waals surface area contributed by atoms with Gasteiger partial charge in [0.25, 0.3) is 0 Å². The minimum atomic E-state index is -0.138. The van der Waals surface area contributed by atoms with E-state index < -0.39 is 0 Å². The molecule has 2 heteroatoms. The maximum absolute atomic E-state index is 12.7. The lowest BCUT2D eigenvalue weighted by Gasteiger charge is -2.13. The predicted octanol–water partition coefficient (Wildman–Crippen LogP) is 2.68. The molecule has 0 radical (unpaired) electrons. The Morgan fingerprint density at radius 1 is 1.07 bits per heavy atom. The lowest BCUT2D eigenvalue weighted by molar-refractivity contribution is 0.600. The zero-order valence-corrected chi connectivity index (χ0v) is 8.30. The highest BCUT2D eigenvalue weighted by molar-refractivity contribution is 5.20. The highest BCUT2D eigenvalue weighted by Crippen LogP contribution is 2.25. The van der Waals surface area contributed by atoms with Crippen LogP contribution in [0.5, 0.6) is 0 Å². The van der Waals surface area contributed by atoms with Crippen LogP contribution in [0.4, 0.5) is 4.39 Å². The molecule has 1 heterocycles. The molecule has 1 N–H and O–H groups in total. The third-order valence-electron chi connectivity index (χ3n) is 2.92. The van der Waals surface area contributed by atoms with E-state index in [1.165, 1.54) is 24.8 Å². The van der Waals surface area contributed by atoms with Crippen LogP contribution < -0.4 is 5.32 Å². The van der Waals surface area contributed by atoms with Gasteiger partial charge in [0.15, 0.2) is 0 Å². The summed E-state index contributed by atoms with van der Waals surface area (Å²) in [5, 5.41) is 3.38. The third-order valence-corrected chi connectivity index (χ3v) is 2.92. The monoisotopic (exact) mass is 193 g/mol. The summed E-state index contributed by atoms with van der Waals surface area (Å²) < 4.78 is 12.7. The van der Waals surface area contributed by atoms with Crippen molar-refractivity contribution in [1.29, 1.82) is 0 Å². The van der Waals surface area contributed by atoms with Crippen molar-refractivity contribution in [2.24, 2.45) is 0 Å². The van der Waals surface area contributed by atoms with Crippen LogP contribution in [0.15, 0.2) is 24.3 Å². The number of hydrogen-bond donors (Lipinski definition) is 1. The first-order chi connectivity index (χ1) is 6.86. The Kier molecular flexibility index (Phi) is 3.14. The molecule has 1 fully saturated rings. The van der Waals surface area contributed by atoms with Crippen LogP contribution in [-0.2, 0) is 0 Å². The standard InChI is InChI=1S/C12H16FN/c13-12-5-3-11(4-6-12)10-2-1-8-14-9-7-10/h3-6,10,14H,1-2,7-9H2/t10-/m1/s1. The molecule has 1 aliphatic rings. The van der Waals surface area contributed by atoms with Gasteiger partial charge in [-0.1, -0.05) is 12.1 Å². The van der Waals surface area contributed by atoms with Gasteiger partial charge in [-0.25, -0.2) is 4.39 Å². The van der Waals surface area contributed by atoms with Gasteiger partial charge in [-0.3, -0.25) is 0 Å². The van der Waals surface area contributed by atoms with Gasteiger partial charge in [-0.15, -0.1) is 0 Å². The minimum absolute atomic E-state index is 0.138. The smallest absolute Gasteiger partial charge is 0.123 e. The highest BCUT2D eigenvalue weighted by Gasteiger charge is 2.13. The first-order valence-electron chi connectivity index (χ1n) is 5.32. The summed E-state index contributed by atoms with van der Waals surface area (Å²) in [7, 11) is 0. The van der Waals surface area contributed by atoms with E-state index >= 15 is 0 Å². The number of benzene rings is 1. The van der Waals surface area contributed by atoms with Crippen LogP contribution in [0.3, 0.4) is 0 Å². The first kappa shape index (κ1) is 9.66. The maximum Gasteiger partial charge on any atom is 0.123 e. The molecular weight excluding hydrogens is 177 g/mol. The molecule has 1 aromatic rings. The molecule has 0 aliphatic carbocycles. The maximum atomic E-state index is 12.7. The van der Waals surface area contributed by atoms with Crippen LogP contribution >= 0.6 is 0 Å². The number of nitrogens with one attached hydrogen (secondary N) is 1. The van der Waals surface area contributed by atoms with Crippen LogP contribution in [0.2, 0.25) is 0 Å². The molecule has 1 atom stereocenters. The van der Waals surface area contributed by atoms with E-state index in [2.05, 4.69) is 5.32 Å². The summed E-state index contributed by atoms with van der Waals surface area (Å²) in [5.74, 6) is 0.478. The zero-order valence-electron chi connectivity index (χ0n) is 8.30. The summed E-state index contributed by atoms with van der Waals surface area (Å²) in [6.07, 6.45) is 3.62. The fraction of sp³-hybridized carbons (Fsp3) is 0.500. The van der Waals surface area contributed by atoms with Crippen molar-refractivity contribution in [1.82, 2.24) is 5.32 Å². The van der Waals surface area contributed by atoms with Gasteiger partial charge in [0, 0.05) is 0 Å². The molecule has 1 nitrogen and oxygen atoms in total. The van der Waals surface area contributed by atoms with Gasteiger partial charge in [0.1, 0.15) is 5.82 Å². The normalized spacial score (nSPS) is 23.1. The van der Waals surface area contributed by atoms with E-state index in [1.54, 1.807) is 12.1 Å². The molecule has 0 amide bonds. The summed E-state index contributed by atoms with van der Waals surface area (Å²) in [5.41, 5.74) is 1.29. The Morgan fingerprint density at radius 2 is 1.86 bits per heavy atom. The average molecular weight is 193 g/mol. The average Bonchev–Trinajstić information content (AvgIpc) is 2.47. The van der Waals surface area contributed by atoms with Crippen molar-refractivity contribution >= 4 is 0 Å². The Morgan fingerprint density at radius 3 is 2.64 bits per heavy atom. The van der Waals surface area contributed by atoms with E-state index in [0.717, 1.165) is 13.1 Å². The molecule has 0 aromatic heterocycles. The van der Waals surface area contributed by atoms with E-state index in [9.17, 15) is 4.39 Å². The Bertz CT molecular complexity index is 273. The van der Waals surface area contributed by atoms with Gasteiger partial charge in [0.2, 0.25) is 0 Å². The fourth-order valence-electron chi connectivity index (χ4n) is 2.09. The van der Waals surface area contributed by atoms with Crippen molar-refractivity contribution in [3.63, 3.8) is 0 Å². The summed E-state index contributed by atoms with van der Waals surface area (Å²) in [6, 6.07) is 6.97. The van der Waals surface area contributed by atoms with E-state index in [1.807, 2.05) is 12.1 Å². The second-order valence-electron chi connectivity index (χ2n) is 3.93. The minimum Gasteiger partial charge on any atom is -0.317 e. The Hall–Kier alpha value is -0.890. The van der Waals surface area contributed by atoms with Gasteiger partial charge in [-0.2, -0.15) is 0 Å². The number of rotatable bonds is 1. The van der Waals surface area contributed by atoms with Crippen LogP contribution in [0.1, 0.15) is 30.7 Å². The van der Waals surface area contributed by atoms with Crippen LogP contribution in [-0.4, -0.2) is 13.1 Å². The Balaban J connectivity index is 2.08. The fourth-order valence-corrected chi connectivity index (χ4v) is 2.09. The second kappa shape index (κ2) is 4.56. The van der Waals surface area contributed by atoms with E-state index in [4.69, 9.17) is 0 Å². The molecule has 76 valence electrons. The molecule has 1 saturated heterocycles. The molecule has 1 aliphatic heterocycles. The summed E-state index contributed by atoms with van der Waals surface area (Å²) in [6.45, 7) is 2.21. The van der Waals surface area contributed by atoms with Crippen molar-refractivity contribution in [3.8, 4) is 0 Å². The van der Waals surface area contributed by atoms with Crippen molar-refractivity contribution in [3.05, 3.63) is 35.6 Å². The molecule has 1 aromatic carbocycles. The van der Waals surface area contributed by atoms with Crippen molar-refractivity contribution in [2.75, 3.05) is 13.1 Å². The first-order valence-corrected chi connectivity index (χ1v) is 5.32. The summed E-state index contributed by atoms with van der Waals surface area (Å²) in [4.78, 5) is 0. The zero-order chi connectivity index (χ0) is 9.80. The van der Waals surface area contributed by atoms with Gasteiger partial charge in [-0.05, 0) is 56.0 Å². The third kappa shape index (κ3) is 2.32. The lowest BCUT2D eigenvalue weighted by Crippen LogP contribution is -2.13. The van der Waals surface area contributed by atoms with E-state index in [-0.39, 0.29) is 5.82 Å². The second-order valence-corrected chi connectivity index (χ2v) is 3.93. The molecule has 2 rings (SSSR count). The topological polar surface area (TPSA) is 12.0 Å². The molecule has 14 heavy (non-hydrogen) atoms. The van der Waals surface area contributed by atoms with Crippen LogP contribution in [0, 0.1) is 5.82 Å². The molecule has 0 bridgehead atoms. The molecule has 0 spiro atoms. The number of hydrogen-bond acceptors (Lipinski definition) is 1. The van der Waals surface area contributed by atoms with Gasteiger partial charge >= 0.3 is 0 Å². The van der Waals surface area contributed by atoms with E-state index in [0.29, 0.717) is 5.92 Å². The summed E-state index contributed by atoms with van der Waals surface area (Å²) >= 11 is 0. The van der Waals surface area contributed by atoms with Crippen molar-refractivity contribution < 1.29 is 4.39 Å². The largest absolute Gasteiger partial charge is 0.317 e. The van der Waals surface area contributed by atoms with Crippen LogP contribution in [0.25, 0.3) is 0 Å². The lowest BCUT2D eigenvalue weighted by atomic mass is 9.92. The van der Waals surface area contributed by atoms with Gasteiger partial charge in [0.05, 0.1) is 0 Å². The van der Waals surface area contributed by atoms with Gasteiger partial charge < -0.3 is 5.32 Å². The quantitative estimate of drug-likeness (QED) is 0.723. The molecule has 0 saturated carbocycles. The van der Waals surface area contributed by atoms with Crippen molar-refractivity contribution in [2.45, 2.75) is 25.2 Å². The molecular formula is C12H16FN. The highest BCUT2D eigenvalue weighted by atomic mass is 19.1. The molecule has 0 unspecified atom stereocenters. The predicted molar refractivity (Wildman–Crippen MR) is 55.9 cm³/mol. The Labute approximate surface area is 84.3 Å². The number of halogens is 1. The SMILES string of the molecule is Fc1ccc([C@@H]2CCCNCC2)cc1.